The number of benzene rings is 6. The monoisotopic (exact) mass is 564 g/mol. The molecule has 10 rings (SSSR count). The molecule has 0 amide bonds. The Kier molecular flexibility index (Phi) is 4.76. The molecule has 1 aliphatic carbocycles. The van der Waals surface area contributed by atoms with Crippen LogP contribution in [0.1, 0.15) is 13.3 Å². The number of hydrogen-bond donors (Lipinski definition) is 0. The summed E-state index contributed by atoms with van der Waals surface area (Å²) in [7, 11) is 0. The van der Waals surface area contributed by atoms with Gasteiger partial charge in [-0.1, -0.05) is 85.8 Å². The lowest BCUT2D eigenvalue weighted by Gasteiger charge is -2.18. The minimum Gasteiger partial charge on any atom is -0.456 e. The average molecular weight is 565 g/mol. The maximum Gasteiger partial charge on any atom is 0.137 e. The van der Waals surface area contributed by atoms with Crippen LogP contribution in [0.25, 0.3) is 87.7 Å². The van der Waals surface area contributed by atoms with Crippen molar-refractivity contribution in [1.29, 1.82) is 0 Å². The summed E-state index contributed by atoms with van der Waals surface area (Å²) < 4.78 is 11.3. The molecule has 3 nitrogen and oxygen atoms in total. The van der Waals surface area contributed by atoms with E-state index in [-0.39, 0.29) is 0 Å². The Bertz CT molecular complexity index is 2710. The lowest BCUT2D eigenvalue weighted by Crippen LogP contribution is -2.04. The zero-order chi connectivity index (χ0) is 28.9. The molecule has 3 aromatic heterocycles. The first-order chi connectivity index (χ1) is 21.7. The van der Waals surface area contributed by atoms with Gasteiger partial charge in [-0.2, -0.15) is 0 Å². The molecule has 0 aliphatic heterocycles. The molecule has 3 heterocycles. The van der Waals surface area contributed by atoms with Gasteiger partial charge in [0, 0.05) is 49.8 Å². The predicted molar refractivity (Wildman–Crippen MR) is 186 cm³/mol. The Hall–Kier alpha value is -5.54. The van der Waals surface area contributed by atoms with Crippen LogP contribution in [0.2, 0.25) is 0 Å². The standard InChI is InChI=1S/C41H28N2O/c1-25-9-8-12-28(19-25)43-38-23-37-32(21-33(38)34-22-35-31-14-5-7-16-40(31)44-41(35)24-39(34)43)30-13-4-6-15-36(30)42(37)29-18-17-26-10-2-3-11-27(26)20-29/h2-18,20-25H,19H2,1H3. The SMILES string of the molecule is CC1C=CC=C(n2c3cc4oc5ccccc5c4cc3c3cc4c5ccccc5n(-c5ccc6ccccc6c5)c4cc32)C1. The van der Waals surface area contributed by atoms with Crippen LogP contribution >= 0.6 is 0 Å². The highest BCUT2D eigenvalue weighted by molar-refractivity contribution is 6.22. The van der Waals surface area contributed by atoms with Crippen molar-refractivity contribution in [3.63, 3.8) is 0 Å². The lowest BCUT2D eigenvalue weighted by molar-refractivity contribution is 0.669. The van der Waals surface area contributed by atoms with Gasteiger partial charge in [0.15, 0.2) is 0 Å². The summed E-state index contributed by atoms with van der Waals surface area (Å²) in [6.07, 6.45) is 7.78. The van der Waals surface area contributed by atoms with Crippen LogP contribution in [-0.4, -0.2) is 9.13 Å². The molecule has 9 aromatic rings. The van der Waals surface area contributed by atoms with Gasteiger partial charge in [0.2, 0.25) is 0 Å². The van der Waals surface area contributed by atoms with Gasteiger partial charge in [-0.25, -0.2) is 0 Å². The smallest absolute Gasteiger partial charge is 0.137 e. The number of allylic oxidation sites excluding steroid dienone is 4. The number of fused-ring (bicyclic) bond motifs is 10. The van der Waals surface area contributed by atoms with E-state index in [1.807, 2.05) is 6.07 Å². The largest absolute Gasteiger partial charge is 0.456 e. The summed E-state index contributed by atoms with van der Waals surface area (Å²) in [6, 6.07) is 42.1. The van der Waals surface area contributed by atoms with Crippen LogP contribution in [0, 0.1) is 5.92 Å². The van der Waals surface area contributed by atoms with Crippen LogP contribution in [0.3, 0.4) is 0 Å². The highest BCUT2D eigenvalue weighted by Crippen LogP contribution is 2.43. The second kappa shape index (κ2) is 8.75. The number of nitrogens with zero attached hydrogens (tertiary/aromatic N) is 2. The average Bonchev–Trinajstić information content (AvgIpc) is 3.69. The molecule has 0 N–H and O–H groups in total. The van der Waals surface area contributed by atoms with Crippen molar-refractivity contribution in [3.8, 4) is 5.69 Å². The minimum atomic E-state index is 0.477. The molecule has 1 unspecified atom stereocenters. The van der Waals surface area contributed by atoms with E-state index in [0.717, 1.165) is 28.4 Å². The van der Waals surface area contributed by atoms with Crippen molar-refractivity contribution in [3.05, 3.63) is 133 Å². The van der Waals surface area contributed by atoms with E-state index in [1.54, 1.807) is 0 Å². The van der Waals surface area contributed by atoms with Gasteiger partial charge in [0.1, 0.15) is 11.2 Å². The molecule has 208 valence electrons. The van der Waals surface area contributed by atoms with Crippen molar-refractivity contribution in [2.45, 2.75) is 13.3 Å². The predicted octanol–water partition coefficient (Wildman–Crippen LogP) is 11.4. The maximum atomic E-state index is 6.40. The van der Waals surface area contributed by atoms with E-state index in [2.05, 4.69) is 143 Å². The molecular weight excluding hydrogens is 536 g/mol. The molecule has 0 spiro atoms. The van der Waals surface area contributed by atoms with Gasteiger partial charge < -0.3 is 13.6 Å². The molecule has 6 aromatic carbocycles. The van der Waals surface area contributed by atoms with Gasteiger partial charge in [-0.05, 0) is 71.7 Å². The molecule has 1 atom stereocenters. The maximum absolute atomic E-state index is 6.40. The summed E-state index contributed by atoms with van der Waals surface area (Å²) in [5, 5.41) is 9.88. The summed E-state index contributed by atoms with van der Waals surface area (Å²) in [5.74, 6) is 0.477. The summed E-state index contributed by atoms with van der Waals surface area (Å²) in [6.45, 7) is 2.30. The van der Waals surface area contributed by atoms with Gasteiger partial charge in [-0.3, -0.25) is 0 Å². The first-order valence-electron chi connectivity index (χ1n) is 15.4. The van der Waals surface area contributed by atoms with Gasteiger partial charge >= 0.3 is 0 Å². The molecule has 0 fully saturated rings. The number of furan rings is 1. The van der Waals surface area contributed by atoms with Crippen molar-refractivity contribution in [2.75, 3.05) is 0 Å². The zero-order valence-corrected chi connectivity index (χ0v) is 24.3. The molecule has 0 saturated carbocycles. The fraction of sp³-hybridized carbons (Fsp3) is 0.0732. The third-order valence-electron chi connectivity index (χ3n) is 9.59. The van der Waals surface area contributed by atoms with E-state index in [1.165, 1.54) is 65.8 Å². The van der Waals surface area contributed by atoms with Gasteiger partial charge in [-0.15, -0.1) is 0 Å². The van der Waals surface area contributed by atoms with E-state index in [4.69, 9.17) is 4.42 Å². The van der Waals surface area contributed by atoms with E-state index < -0.39 is 0 Å². The van der Waals surface area contributed by atoms with Crippen molar-refractivity contribution in [2.24, 2.45) is 5.92 Å². The third-order valence-corrected chi connectivity index (χ3v) is 9.59. The summed E-state index contributed by atoms with van der Waals surface area (Å²) in [5.41, 5.74) is 9.19. The molecular formula is C41H28N2O. The zero-order valence-electron chi connectivity index (χ0n) is 24.3. The molecule has 3 heteroatoms. The van der Waals surface area contributed by atoms with Gasteiger partial charge in [0.05, 0.1) is 22.1 Å². The Balaban J connectivity index is 1.37. The first kappa shape index (κ1) is 24.0. The topological polar surface area (TPSA) is 23.0 Å². The highest BCUT2D eigenvalue weighted by atomic mass is 16.3. The summed E-state index contributed by atoms with van der Waals surface area (Å²) >= 11 is 0. The second-order valence-electron chi connectivity index (χ2n) is 12.3. The van der Waals surface area contributed by atoms with Crippen LogP contribution in [0.5, 0.6) is 0 Å². The molecule has 44 heavy (non-hydrogen) atoms. The van der Waals surface area contributed by atoms with Crippen LogP contribution < -0.4 is 0 Å². The number of para-hydroxylation sites is 2. The van der Waals surface area contributed by atoms with E-state index in [0.29, 0.717) is 5.92 Å². The van der Waals surface area contributed by atoms with Crippen LogP contribution in [-0.2, 0) is 0 Å². The number of rotatable bonds is 2. The number of aromatic nitrogens is 2. The Morgan fingerprint density at radius 1 is 0.545 bits per heavy atom. The quantitative estimate of drug-likeness (QED) is 0.205. The van der Waals surface area contributed by atoms with Crippen molar-refractivity contribution < 1.29 is 4.42 Å². The minimum absolute atomic E-state index is 0.477. The van der Waals surface area contributed by atoms with E-state index >= 15 is 0 Å². The fourth-order valence-electron chi connectivity index (χ4n) is 7.59. The Morgan fingerprint density at radius 3 is 2.14 bits per heavy atom. The van der Waals surface area contributed by atoms with Crippen LogP contribution in [0.4, 0.5) is 0 Å². The normalized spacial score (nSPS) is 15.6. The highest BCUT2D eigenvalue weighted by Gasteiger charge is 2.22. The van der Waals surface area contributed by atoms with Crippen molar-refractivity contribution in [1.82, 2.24) is 9.13 Å². The molecule has 0 saturated heterocycles. The van der Waals surface area contributed by atoms with Gasteiger partial charge in [0.25, 0.3) is 0 Å². The van der Waals surface area contributed by atoms with Crippen LogP contribution in [0.15, 0.2) is 138 Å². The Morgan fingerprint density at radius 2 is 1.25 bits per heavy atom. The Labute approximate surface area is 253 Å². The molecule has 1 aliphatic rings. The fourth-order valence-corrected chi connectivity index (χ4v) is 7.59. The third kappa shape index (κ3) is 3.27. The molecule has 0 bridgehead atoms. The first-order valence-corrected chi connectivity index (χ1v) is 15.4. The van der Waals surface area contributed by atoms with E-state index in [9.17, 15) is 0 Å². The second-order valence-corrected chi connectivity index (χ2v) is 12.3. The molecule has 0 radical (unpaired) electrons. The lowest BCUT2D eigenvalue weighted by atomic mass is 10.00. The number of hydrogen-bond acceptors (Lipinski definition) is 1. The van der Waals surface area contributed by atoms with Crippen molar-refractivity contribution >= 4 is 82.0 Å². The summed E-state index contributed by atoms with van der Waals surface area (Å²) in [4.78, 5) is 0.